The summed E-state index contributed by atoms with van der Waals surface area (Å²) < 4.78 is 6.57. The third kappa shape index (κ3) is 4.84. The van der Waals surface area contributed by atoms with Crippen LogP contribution in [-0.2, 0) is 17.4 Å². The van der Waals surface area contributed by atoms with Crippen molar-refractivity contribution in [1.29, 1.82) is 0 Å². The molecule has 0 amide bonds. The summed E-state index contributed by atoms with van der Waals surface area (Å²) in [4.78, 5) is 0. The maximum atomic E-state index is 2.77. The van der Waals surface area contributed by atoms with E-state index in [1.54, 1.807) is 22.3 Å². The van der Waals surface area contributed by atoms with E-state index in [1.165, 1.54) is 44.5 Å². The molecule has 0 radical (unpaired) electrons. The quantitative estimate of drug-likeness (QED) is 0.183. The van der Waals surface area contributed by atoms with Gasteiger partial charge in [-0.25, -0.2) is 0 Å². The molecular formula is C40H46SiZr. The SMILES string of the molecule is CC1=Cc2c(-c3ccccc3)cc(C(C)C)cc2[CH]1[Zr]([CH3])([CH3])(=[SiH2])[CH]1C(C)=Cc2c(-c3ccccc3)cc(C(C)C)cc21. The van der Waals surface area contributed by atoms with E-state index in [4.69, 9.17) is 0 Å². The fourth-order valence-electron chi connectivity index (χ4n) is 8.37. The van der Waals surface area contributed by atoms with Gasteiger partial charge in [-0.1, -0.05) is 0 Å². The molecule has 0 nitrogen and oxygen atoms in total. The van der Waals surface area contributed by atoms with Crippen molar-refractivity contribution in [3.63, 3.8) is 0 Å². The predicted molar refractivity (Wildman–Crippen MR) is 185 cm³/mol. The molecule has 214 valence electrons. The van der Waals surface area contributed by atoms with Crippen LogP contribution in [0.2, 0.25) is 9.26 Å². The van der Waals surface area contributed by atoms with Crippen LogP contribution in [0.25, 0.3) is 34.4 Å². The third-order valence-corrected chi connectivity index (χ3v) is 28.1. The van der Waals surface area contributed by atoms with Gasteiger partial charge in [0.15, 0.2) is 0 Å². The Bertz CT molecular complexity index is 1680. The summed E-state index contributed by atoms with van der Waals surface area (Å²) in [7, 11) is 0. The molecule has 0 bridgehead atoms. The van der Waals surface area contributed by atoms with Gasteiger partial charge in [0.25, 0.3) is 0 Å². The number of hydrogen-bond acceptors (Lipinski definition) is 0. The number of allylic oxidation sites excluding steroid dienone is 2. The van der Waals surface area contributed by atoms with Gasteiger partial charge in [0.05, 0.1) is 0 Å². The van der Waals surface area contributed by atoms with E-state index >= 15 is 0 Å². The normalized spacial score (nSPS) is 18.3. The van der Waals surface area contributed by atoms with Crippen molar-refractivity contribution < 1.29 is 17.4 Å². The summed E-state index contributed by atoms with van der Waals surface area (Å²) in [6.45, 7) is 16.7. The van der Waals surface area contributed by atoms with Crippen LogP contribution >= 0.6 is 0 Å². The van der Waals surface area contributed by atoms with Gasteiger partial charge in [-0.15, -0.1) is 0 Å². The van der Waals surface area contributed by atoms with Crippen molar-refractivity contribution in [2.75, 3.05) is 0 Å². The van der Waals surface area contributed by atoms with Crippen LogP contribution in [0.5, 0.6) is 0 Å². The van der Waals surface area contributed by atoms with Crippen LogP contribution in [0, 0.1) is 0 Å². The topological polar surface area (TPSA) is 0 Å². The van der Waals surface area contributed by atoms with Crippen LogP contribution in [0.15, 0.2) is 96.1 Å². The van der Waals surface area contributed by atoms with Crippen molar-refractivity contribution in [3.05, 3.63) is 129 Å². The van der Waals surface area contributed by atoms with Gasteiger partial charge in [-0.05, 0) is 0 Å². The summed E-state index contributed by atoms with van der Waals surface area (Å²) in [6, 6.07) is 32.2. The summed E-state index contributed by atoms with van der Waals surface area (Å²) in [5.74, 6) is 0.979. The molecule has 0 aromatic heterocycles. The Morgan fingerprint density at radius 3 is 1.26 bits per heavy atom. The van der Waals surface area contributed by atoms with Crippen molar-refractivity contribution >= 4 is 19.0 Å². The van der Waals surface area contributed by atoms with Gasteiger partial charge in [0.1, 0.15) is 0 Å². The zero-order valence-electron chi connectivity index (χ0n) is 26.8. The standard InChI is InChI=1S/2C19H19.2CH3.H2Si.Zr/c2*1-13(2)16-11-17-9-14(3)10-18(17)19(12-16)15-7-5-4-6-8-15;;;;/h2*4-13H,1-3H3;2*1H3;1H2;. The molecule has 4 aromatic rings. The first kappa shape index (κ1) is 29.5. The Balaban J connectivity index is 1.58. The van der Waals surface area contributed by atoms with E-state index in [1.807, 2.05) is 0 Å². The Morgan fingerprint density at radius 1 is 0.571 bits per heavy atom. The average Bonchev–Trinajstić information content (AvgIpc) is 3.49. The van der Waals surface area contributed by atoms with Crippen LogP contribution in [0.4, 0.5) is 0 Å². The second-order valence-corrected chi connectivity index (χ2v) is 45.2. The second-order valence-electron chi connectivity index (χ2n) is 14.8. The van der Waals surface area contributed by atoms with Crippen LogP contribution in [0.3, 0.4) is 0 Å². The number of hydrogen-bond donors (Lipinski definition) is 0. The molecule has 0 saturated heterocycles. The Kier molecular flexibility index (Phi) is 7.43. The molecule has 6 rings (SSSR count). The van der Waals surface area contributed by atoms with E-state index in [0.717, 1.165) is 0 Å². The first-order valence-electron chi connectivity index (χ1n) is 15.8. The van der Waals surface area contributed by atoms with Crippen molar-refractivity contribution in [2.45, 2.75) is 69.9 Å². The molecule has 2 unspecified atom stereocenters. The number of fused-ring (bicyclic) bond motifs is 2. The van der Waals surface area contributed by atoms with E-state index < -0.39 is 17.4 Å². The predicted octanol–water partition coefficient (Wildman–Crippen LogP) is 11.2. The van der Waals surface area contributed by atoms with Crippen molar-refractivity contribution in [1.82, 2.24) is 0 Å². The second kappa shape index (κ2) is 10.6. The van der Waals surface area contributed by atoms with E-state index in [0.29, 0.717) is 19.1 Å². The molecule has 2 aliphatic carbocycles. The van der Waals surface area contributed by atoms with E-state index in [-0.39, 0.29) is 0 Å². The molecule has 0 N–H and O–H groups in total. The molecule has 0 heterocycles. The minimum atomic E-state index is -3.65. The molecule has 42 heavy (non-hydrogen) atoms. The number of benzene rings is 4. The Labute approximate surface area is 256 Å². The van der Waals surface area contributed by atoms with Crippen LogP contribution in [-0.4, -0.2) is 6.88 Å². The van der Waals surface area contributed by atoms with Crippen LogP contribution < -0.4 is 0 Å². The molecule has 0 fully saturated rings. The summed E-state index contributed by atoms with van der Waals surface area (Å²) in [5.41, 5.74) is 17.6. The Morgan fingerprint density at radius 2 is 0.929 bits per heavy atom. The fourth-order valence-corrected chi connectivity index (χ4v) is 29.6. The molecule has 2 heteroatoms. The average molecular weight is 646 g/mol. The van der Waals surface area contributed by atoms with Crippen molar-refractivity contribution in [2.24, 2.45) is 0 Å². The first-order chi connectivity index (χ1) is 19.9. The minimum absolute atomic E-state index is 0.490. The first-order valence-corrected chi connectivity index (χ1v) is 29.4. The summed E-state index contributed by atoms with van der Waals surface area (Å²) >= 11 is -3.65. The zero-order chi connectivity index (χ0) is 30.0. The third-order valence-electron chi connectivity index (χ3n) is 10.1. The summed E-state index contributed by atoms with van der Waals surface area (Å²) in [5, 5.41) is 0. The molecule has 2 aliphatic rings. The van der Waals surface area contributed by atoms with E-state index in [9.17, 15) is 0 Å². The Hall–Kier alpha value is -2.54. The monoisotopic (exact) mass is 644 g/mol. The molecule has 2 atom stereocenters. The van der Waals surface area contributed by atoms with Gasteiger partial charge in [0, 0.05) is 0 Å². The van der Waals surface area contributed by atoms with Gasteiger partial charge >= 0.3 is 258 Å². The van der Waals surface area contributed by atoms with Crippen LogP contribution in [0.1, 0.15) is 94.0 Å². The molecule has 0 aliphatic heterocycles. The van der Waals surface area contributed by atoms with Gasteiger partial charge in [0.2, 0.25) is 0 Å². The fraction of sp³-hybridized carbons (Fsp3) is 0.300. The van der Waals surface area contributed by atoms with E-state index in [2.05, 4.69) is 155 Å². The van der Waals surface area contributed by atoms with Gasteiger partial charge < -0.3 is 0 Å². The molecule has 0 saturated carbocycles. The maximum absolute atomic E-state index is 3.65. The number of rotatable bonds is 6. The molecule has 0 spiro atoms. The summed E-state index contributed by atoms with van der Waals surface area (Å²) in [6.07, 6.45) is 5.10. The molecular weight excluding hydrogens is 600 g/mol. The van der Waals surface area contributed by atoms with Crippen molar-refractivity contribution in [3.8, 4) is 22.3 Å². The van der Waals surface area contributed by atoms with Gasteiger partial charge in [-0.3, -0.25) is 0 Å². The molecule has 4 aromatic carbocycles. The van der Waals surface area contributed by atoms with Gasteiger partial charge in [-0.2, -0.15) is 0 Å². The zero-order valence-corrected chi connectivity index (χ0v) is 30.6.